The van der Waals surface area contributed by atoms with Gasteiger partial charge < -0.3 is 0 Å². The van der Waals surface area contributed by atoms with Crippen molar-refractivity contribution in [3.63, 3.8) is 0 Å². The highest BCUT2D eigenvalue weighted by atomic mass is 32.2. The minimum atomic E-state index is -3.73. The normalized spacial score (nSPS) is 14.3. The van der Waals surface area contributed by atoms with E-state index in [1.807, 2.05) is 0 Å². The van der Waals surface area contributed by atoms with Crippen LogP contribution in [0.3, 0.4) is 0 Å². The van der Waals surface area contributed by atoms with Gasteiger partial charge in [-0.05, 0) is 31.0 Å². The van der Waals surface area contributed by atoms with E-state index in [4.69, 9.17) is 5.14 Å². The number of primary sulfonamides is 1. The van der Waals surface area contributed by atoms with Crippen molar-refractivity contribution < 1.29 is 16.8 Å². The third-order valence-electron chi connectivity index (χ3n) is 2.54. The topological polar surface area (TPSA) is 106 Å². The standard InChI is InChI=1S/C11H18N2O4S2/c1-3-8-18(14,15)13-9(2)10-4-6-11(7-5-10)19(12,16)17/h4-7,9,13H,3,8H2,1-2H3,(H2,12,16,17). The van der Waals surface area contributed by atoms with E-state index < -0.39 is 26.1 Å². The highest BCUT2D eigenvalue weighted by molar-refractivity contribution is 7.89. The molecule has 0 heterocycles. The summed E-state index contributed by atoms with van der Waals surface area (Å²) >= 11 is 0. The zero-order valence-electron chi connectivity index (χ0n) is 10.8. The van der Waals surface area contributed by atoms with E-state index in [0.717, 1.165) is 0 Å². The van der Waals surface area contributed by atoms with Crippen molar-refractivity contribution in [2.24, 2.45) is 5.14 Å². The summed E-state index contributed by atoms with van der Waals surface area (Å²) in [6.45, 7) is 3.48. The van der Waals surface area contributed by atoms with Crippen LogP contribution in [0.5, 0.6) is 0 Å². The predicted octanol–water partition coefficient (Wildman–Crippen LogP) is 0.724. The fourth-order valence-corrected chi connectivity index (χ4v) is 3.46. The monoisotopic (exact) mass is 306 g/mol. The molecule has 8 heteroatoms. The summed E-state index contributed by atoms with van der Waals surface area (Å²) in [5.74, 6) is 0.0621. The Kier molecular flexibility index (Phi) is 5.08. The van der Waals surface area contributed by atoms with E-state index in [9.17, 15) is 16.8 Å². The van der Waals surface area contributed by atoms with Crippen LogP contribution in [0.25, 0.3) is 0 Å². The Labute approximate surface area is 114 Å². The first-order valence-electron chi connectivity index (χ1n) is 5.78. The molecule has 0 aliphatic carbocycles. The molecule has 0 saturated heterocycles. The van der Waals surface area contributed by atoms with Crippen molar-refractivity contribution >= 4 is 20.0 Å². The van der Waals surface area contributed by atoms with Gasteiger partial charge in [0.1, 0.15) is 0 Å². The second-order valence-electron chi connectivity index (χ2n) is 4.27. The molecule has 0 spiro atoms. The number of sulfonamides is 2. The SMILES string of the molecule is CCCS(=O)(=O)NC(C)c1ccc(S(N)(=O)=O)cc1. The summed E-state index contributed by atoms with van der Waals surface area (Å²) in [5, 5.41) is 4.98. The average Bonchev–Trinajstić information content (AvgIpc) is 2.27. The van der Waals surface area contributed by atoms with Gasteiger partial charge >= 0.3 is 0 Å². The molecule has 1 atom stereocenters. The summed E-state index contributed by atoms with van der Waals surface area (Å²) in [6.07, 6.45) is 0.534. The first-order chi connectivity index (χ1) is 8.65. The van der Waals surface area contributed by atoms with Gasteiger partial charge in [-0.25, -0.2) is 26.7 Å². The summed E-state index contributed by atoms with van der Waals surface area (Å²) in [6, 6.07) is 5.37. The fourth-order valence-electron chi connectivity index (χ4n) is 1.61. The van der Waals surface area contributed by atoms with Crippen LogP contribution in [0.2, 0.25) is 0 Å². The van der Waals surface area contributed by atoms with Crippen molar-refractivity contribution in [3.05, 3.63) is 29.8 Å². The van der Waals surface area contributed by atoms with Gasteiger partial charge in [-0.15, -0.1) is 0 Å². The van der Waals surface area contributed by atoms with E-state index in [0.29, 0.717) is 12.0 Å². The summed E-state index contributed by atoms with van der Waals surface area (Å²) in [7, 11) is -7.04. The first-order valence-corrected chi connectivity index (χ1v) is 8.98. The third kappa shape index (κ3) is 4.90. The Morgan fingerprint density at radius 1 is 1.16 bits per heavy atom. The largest absolute Gasteiger partial charge is 0.238 e. The second-order valence-corrected chi connectivity index (χ2v) is 7.71. The Morgan fingerprint density at radius 2 is 1.68 bits per heavy atom. The van der Waals surface area contributed by atoms with Crippen LogP contribution < -0.4 is 9.86 Å². The molecule has 0 radical (unpaired) electrons. The number of hydrogen-bond donors (Lipinski definition) is 2. The molecule has 0 bridgehead atoms. The third-order valence-corrected chi connectivity index (χ3v) is 5.13. The highest BCUT2D eigenvalue weighted by Crippen LogP contribution is 2.16. The number of hydrogen-bond acceptors (Lipinski definition) is 4. The first kappa shape index (κ1) is 16.1. The number of nitrogens with two attached hydrogens (primary N) is 1. The van der Waals surface area contributed by atoms with Gasteiger partial charge in [-0.2, -0.15) is 0 Å². The molecule has 3 N–H and O–H groups in total. The molecule has 0 aromatic heterocycles. The molecule has 0 fully saturated rings. The van der Waals surface area contributed by atoms with Gasteiger partial charge in [0.05, 0.1) is 10.6 Å². The molecule has 1 rings (SSSR count). The minimum absolute atomic E-state index is 0.000125. The van der Waals surface area contributed by atoms with Crippen LogP contribution in [0.15, 0.2) is 29.2 Å². The van der Waals surface area contributed by atoms with E-state index in [2.05, 4.69) is 4.72 Å². The molecule has 0 amide bonds. The molecular formula is C11H18N2O4S2. The van der Waals surface area contributed by atoms with E-state index in [-0.39, 0.29) is 10.6 Å². The maximum Gasteiger partial charge on any atom is 0.238 e. The molecular weight excluding hydrogens is 288 g/mol. The molecule has 0 aliphatic heterocycles. The lowest BCUT2D eigenvalue weighted by molar-refractivity contribution is 0.565. The summed E-state index contributed by atoms with van der Waals surface area (Å²) in [5.41, 5.74) is 0.673. The van der Waals surface area contributed by atoms with E-state index in [1.165, 1.54) is 12.1 Å². The van der Waals surface area contributed by atoms with Crippen molar-refractivity contribution in [1.82, 2.24) is 4.72 Å². The van der Waals surface area contributed by atoms with Crippen molar-refractivity contribution in [2.45, 2.75) is 31.2 Å². The van der Waals surface area contributed by atoms with E-state index in [1.54, 1.807) is 26.0 Å². The average molecular weight is 306 g/mol. The van der Waals surface area contributed by atoms with Crippen molar-refractivity contribution in [1.29, 1.82) is 0 Å². The number of nitrogens with one attached hydrogen (secondary N) is 1. The maximum atomic E-state index is 11.6. The van der Waals surface area contributed by atoms with Gasteiger partial charge in [0.2, 0.25) is 20.0 Å². The molecule has 0 saturated carbocycles. The molecule has 1 aromatic rings. The van der Waals surface area contributed by atoms with Crippen molar-refractivity contribution in [3.8, 4) is 0 Å². The Hall–Kier alpha value is -0.960. The zero-order chi connectivity index (χ0) is 14.7. The Balaban J connectivity index is 2.88. The Morgan fingerprint density at radius 3 is 2.11 bits per heavy atom. The molecule has 0 aliphatic rings. The van der Waals surface area contributed by atoms with Gasteiger partial charge in [0.25, 0.3) is 0 Å². The minimum Gasteiger partial charge on any atom is -0.225 e. The molecule has 19 heavy (non-hydrogen) atoms. The molecule has 6 nitrogen and oxygen atoms in total. The fraction of sp³-hybridized carbons (Fsp3) is 0.455. The van der Waals surface area contributed by atoms with Crippen LogP contribution in [0.1, 0.15) is 31.9 Å². The van der Waals surface area contributed by atoms with Crippen molar-refractivity contribution in [2.75, 3.05) is 5.75 Å². The van der Waals surface area contributed by atoms with Gasteiger partial charge in [-0.3, -0.25) is 0 Å². The van der Waals surface area contributed by atoms with Gasteiger partial charge in [0, 0.05) is 6.04 Å². The number of benzene rings is 1. The summed E-state index contributed by atoms with van der Waals surface area (Å²) in [4.78, 5) is -0.000125. The second kappa shape index (κ2) is 6.00. The smallest absolute Gasteiger partial charge is 0.225 e. The lowest BCUT2D eigenvalue weighted by Crippen LogP contribution is -2.29. The van der Waals surface area contributed by atoms with Crippen LogP contribution in [-0.4, -0.2) is 22.6 Å². The number of rotatable bonds is 6. The van der Waals surface area contributed by atoms with Crippen LogP contribution in [0, 0.1) is 0 Å². The van der Waals surface area contributed by atoms with Crippen LogP contribution in [-0.2, 0) is 20.0 Å². The van der Waals surface area contributed by atoms with Crippen LogP contribution in [0.4, 0.5) is 0 Å². The molecule has 1 aromatic carbocycles. The maximum absolute atomic E-state index is 11.6. The van der Waals surface area contributed by atoms with Gasteiger partial charge in [0.15, 0.2) is 0 Å². The van der Waals surface area contributed by atoms with Crippen LogP contribution >= 0.6 is 0 Å². The Bertz CT molecular complexity index is 621. The highest BCUT2D eigenvalue weighted by Gasteiger charge is 2.15. The zero-order valence-corrected chi connectivity index (χ0v) is 12.5. The summed E-state index contributed by atoms with van der Waals surface area (Å²) < 4.78 is 47.9. The van der Waals surface area contributed by atoms with E-state index >= 15 is 0 Å². The van der Waals surface area contributed by atoms with Gasteiger partial charge in [-0.1, -0.05) is 19.1 Å². The predicted molar refractivity (Wildman–Crippen MR) is 73.4 cm³/mol. The molecule has 1 unspecified atom stereocenters. The molecule has 108 valence electrons. The lowest BCUT2D eigenvalue weighted by Gasteiger charge is -2.14. The lowest BCUT2D eigenvalue weighted by atomic mass is 10.1. The quantitative estimate of drug-likeness (QED) is 0.807.